The lowest BCUT2D eigenvalue weighted by Crippen LogP contribution is -2.43. The topological polar surface area (TPSA) is 88.1 Å². The monoisotopic (exact) mass is 481 g/mol. The molecule has 2 N–H and O–H groups in total. The van der Waals surface area contributed by atoms with Crippen LogP contribution in [-0.2, 0) is 15.4 Å². The van der Waals surface area contributed by atoms with Crippen LogP contribution in [0.3, 0.4) is 0 Å². The van der Waals surface area contributed by atoms with Crippen molar-refractivity contribution in [3.05, 3.63) is 24.1 Å². The highest BCUT2D eigenvalue weighted by atomic mass is 28.4. The lowest BCUT2D eigenvalue weighted by Gasteiger charge is -2.38. The molecule has 2 rings (SSSR count). The van der Waals surface area contributed by atoms with E-state index in [-0.39, 0.29) is 41.5 Å². The third kappa shape index (κ3) is 6.03. The zero-order valence-electron chi connectivity index (χ0n) is 21.3. The van der Waals surface area contributed by atoms with Gasteiger partial charge >= 0.3 is 0 Å². The molecule has 0 unspecified atom stereocenters. The maximum Gasteiger partial charge on any atom is 0.192 e. The predicted octanol–water partition coefficient (Wildman–Crippen LogP) is 5.68. The summed E-state index contributed by atoms with van der Waals surface area (Å²) in [5.41, 5.74) is 7.37. The van der Waals surface area contributed by atoms with E-state index in [2.05, 4.69) is 82.7 Å². The van der Waals surface area contributed by atoms with E-state index in [0.717, 1.165) is 0 Å². The van der Waals surface area contributed by atoms with E-state index in [1.54, 1.807) is 4.57 Å². The predicted molar refractivity (Wildman–Crippen MR) is 134 cm³/mol. The summed E-state index contributed by atoms with van der Waals surface area (Å²) in [6.45, 7) is 22.1. The van der Waals surface area contributed by atoms with Crippen molar-refractivity contribution < 1.29 is 13.2 Å². The van der Waals surface area contributed by atoms with Crippen molar-refractivity contribution in [2.24, 2.45) is 0 Å². The Hall–Kier alpha value is -1.63. The molecule has 10 heteroatoms. The molecule has 0 saturated heterocycles. The minimum Gasteiger partial charge on any atom is -0.413 e. The Balaban J connectivity index is 2.34. The van der Waals surface area contributed by atoms with Crippen LogP contribution in [-0.4, -0.2) is 49.4 Å². The van der Waals surface area contributed by atoms with Gasteiger partial charge in [-0.3, -0.25) is 0 Å². The quantitative estimate of drug-likeness (QED) is 0.488. The van der Waals surface area contributed by atoms with Gasteiger partial charge in [-0.2, -0.15) is 0 Å². The molecule has 2 aromatic heterocycles. The Labute approximate surface area is 193 Å². The van der Waals surface area contributed by atoms with Gasteiger partial charge in [0.1, 0.15) is 17.7 Å². The molecule has 0 atom stereocenters. The number of imidazole rings is 1. The van der Waals surface area contributed by atoms with Crippen LogP contribution in [0.1, 0.15) is 41.5 Å². The van der Waals surface area contributed by atoms with Crippen molar-refractivity contribution in [3.8, 4) is 0 Å². The van der Waals surface area contributed by atoms with E-state index < -0.39 is 16.6 Å². The summed E-state index contributed by atoms with van der Waals surface area (Å²) >= 11 is 0. The minimum atomic E-state index is -2.06. The highest BCUT2D eigenvalue weighted by molar-refractivity contribution is 6.74. The summed E-state index contributed by atoms with van der Waals surface area (Å²) in [5, 5.41) is 0.0632. The molecule has 180 valence electrons. The van der Waals surface area contributed by atoms with Crippen molar-refractivity contribution in [3.63, 3.8) is 0 Å². The summed E-state index contributed by atoms with van der Waals surface area (Å²) in [7, 11) is -4.11. The van der Waals surface area contributed by atoms with Gasteiger partial charge in [-0.05, 0) is 36.3 Å². The van der Waals surface area contributed by atoms with Crippen molar-refractivity contribution in [1.82, 2.24) is 19.5 Å². The number of nitrogens with zero attached hydrogens (tertiary/aromatic N) is 4. The second-order valence-electron chi connectivity index (χ2n) is 11.4. The second-order valence-corrected chi connectivity index (χ2v) is 21.0. The number of halogens is 1. The maximum absolute atomic E-state index is 15.6. The van der Waals surface area contributed by atoms with Gasteiger partial charge in [-0.1, -0.05) is 41.5 Å². The van der Waals surface area contributed by atoms with Crippen LogP contribution in [0.15, 0.2) is 24.1 Å². The standard InChI is InChI=1S/C22H40FN5O2Si2/c1-21(2,3)31(7,8)29-12-16(13-30-32(9,10)22(4,5)6)17(23)11-28-15-27-18-19(24)25-14-26-20(18)28/h14-15H,11-13H2,1-10H3,(H2,24,25,26). The van der Waals surface area contributed by atoms with E-state index >= 15 is 4.39 Å². The summed E-state index contributed by atoms with van der Waals surface area (Å²) in [6, 6.07) is 0. The summed E-state index contributed by atoms with van der Waals surface area (Å²) < 4.78 is 30.0. The van der Waals surface area contributed by atoms with Gasteiger partial charge in [-0.25, -0.2) is 19.3 Å². The van der Waals surface area contributed by atoms with Gasteiger partial charge in [-0.15, -0.1) is 0 Å². The first-order valence-corrected chi connectivity index (χ1v) is 16.8. The third-order valence-electron chi connectivity index (χ3n) is 6.95. The molecule has 0 aliphatic heterocycles. The fourth-order valence-electron chi connectivity index (χ4n) is 2.44. The van der Waals surface area contributed by atoms with Gasteiger partial charge in [0.2, 0.25) is 0 Å². The third-order valence-corrected chi connectivity index (χ3v) is 15.9. The second kappa shape index (κ2) is 9.32. The molecule has 32 heavy (non-hydrogen) atoms. The first-order valence-electron chi connectivity index (χ1n) is 11.0. The number of anilines is 1. The van der Waals surface area contributed by atoms with Crippen LogP contribution >= 0.6 is 0 Å². The van der Waals surface area contributed by atoms with Crippen LogP contribution in [0, 0.1) is 0 Å². The number of nitrogens with two attached hydrogens (primary N) is 1. The molecule has 2 aromatic rings. The molecular weight excluding hydrogens is 441 g/mol. The lowest BCUT2D eigenvalue weighted by molar-refractivity contribution is 0.264. The summed E-state index contributed by atoms with van der Waals surface area (Å²) in [5.74, 6) is -0.0141. The Morgan fingerprint density at radius 1 is 0.938 bits per heavy atom. The lowest BCUT2D eigenvalue weighted by atomic mass is 10.2. The van der Waals surface area contributed by atoms with Crippen molar-refractivity contribution >= 4 is 33.6 Å². The van der Waals surface area contributed by atoms with Crippen molar-refractivity contribution in [2.75, 3.05) is 18.9 Å². The van der Waals surface area contributed by atoms with E-state index in [9.17, 15) is 0 Å². The van der Waals surface area contributed by atoms with Gasteiger partial charge in [0.15, 0.2) is 28.1 Å². The molecule has 0 spiro atoms. The molecule has 7 nitrogen and oxygen atoms in total. The smallest absolute Gasteiger partial charge is 0.192 e. The number of hydrogen-bond donors (Lipinski definition) is 1. The SMILES string of the molecule is CC(C)(C)[Si](C)(C)OCC(CO[Si](C)(C)C(C)(C)C)=C(F)Cn1cnc2c(N)ncnc21. The van der Waals surface area contributed by atoms with Crippen LogP contribution < -0.4 is 5.73 Å². The largest absolute Gasteiger partial charge is 0.413 e. The van der Waals surface area contributed by atoms with Gasteiger partial charge < -0.3 is 19.2 Å². The molecule has 0 amide bonds. The molecule has 0 bridgehead atoms. The Morgan fingerprint density at radius 2 is 1.44 bits per heavy atom. The Bertz CT molecular complexity index is 943. The Morgan fingerprint density at radius 3 is 1.91 bits per heavy atom. The van der Waals surface area contributed by atoms with Crippen LogP contribution in [0.25, 0.3) is 11.2 Å². The average molecular weight is 482 g/mol. The summed E-state index contributed by atoms with van der Waals surface area (Å²) in [6.07, 6.45) is 2.90. The average Bonchev–Trinajstić information content (AvgIpc) is 3.04. The minimum absolute atomic E-state index is 0.00991. The van der Waals surface area contributed by atoms with Gasteiger partial charge in [0.05, 0.1) is 26.1 Å². The zero-order chi connectivity index (χ0) is 24.5. The molecule has 0 saturated carbocycles. The van der Waals surface area contributed by atoms with E-state index in [1.807, 2.05) is 0 Å². The highest BCUT2D eigenvalue weighted by Crippen LogP contribution is 2.38. The van der Waals surface area contributed by atoms with Gasteiger partial charge in [0.25, 0.3) is 0 Å². The van der Waals surface area contributed by atoms with E-state index in [1.165, 1.54) is 12.7 Å². The maximum atomic E-state index is 15.6. The number of allylic oxidation sites excluding steroid dienone is 1. The number of nitrogen functional groups attached to an aromatic ring is 1. The molecule has 0 fully saturated rings. The van der Waals surface area contributed by atoms with Crippen LogP contribution in [0.4, 0.5) is 10.2 Å². The number of hydrogen-bond acceptors (Lipinski definition) is 6. The molecule has 0 aliphatic rings. The number of aromatic nitrogens is 4. The first kappa shape index (κ1) is 26.6. The fraction of sp³-hybridized carbons (Fsp3) is 0.682. The Kier molecular flexibility index (Phi) is 7.75. The van der Waals surface area contributed by atoms with Gasteiger partial charge in [0, 0.05) is 5.57 Å². The van der Waals surface area contributed by atoms with Crippen molar-refractivity contribution in [2.45, 2.75) is 84.4 Å². The van der Waals surface area contributed by atoms with Crippen molar-refractivity contribution in [1.29, 1.82) is 0 Å². The fourth-order valence-corrected chi connectivity index (χ4v) is 4.38. The molecular formula is C22H40FN5O2Si2. The number of rotatable bonds is 8. The van der Waals surface area contributed by atoms with E-state index in [0.29, 0.717) is 16.7 Å². The zero-order valence-corrected chi connectivity index (χ0v) is 23.3. The molecule has 0 radical (unpaired) electrons. The summed E-state index contributed by atoms with van der Waals surface area (Å²) in [4.78, 5) is 12.4. The van der Waals surface area contributed by atoms with E-state index in [4.69, 9.17) is 14.6 Å². The molecule has 0 aromatic carbocycles. The molecule has 0 aliphatic carbocycles. The first-order chi connectivity index (χ1) is 14.5. The normalized spacial score (nSPS) is 13.6. The number of fused-ring (bicyclic) bond motifs is 1. The van der Waals surface area contributed by atoms with Crippen LogP contribution in [0.5, 0.6) is 0 Å². The highest BCUT2D eigenvalue weighted by Gasteiger charge is 2.39. The molecule has 2 heterocycles. The van der Waals surface area contributed by atoms with Crippen LogP contribution in [0.2, 0.25) is 36.3 Å².